The zero-order valence-corrected chi connectivity index (χ0v) is 12.0. The molecule has 1 aromatic rings. The molecule has 1 aromatic carbocycles. The molecule has 0 fully saturated rings. The molecule has 100 valence electrons. The Bertz CT molecular complexity index is 501. The van der Waals surface area contributed by atoms with E-state index < -0.39 is 10.0 Å². The number of thioether (sulfide) groups is 1. The molecule has 18 heavy (non-hydrogen) atoms. The van der Waals surface area contributed by atoms with Crippen LogP contribution in [0, 0.1) is 0 Å². The zero-order chi connectivity index (χ0) is 13.6. The minimum Gasteiger partial charge on any atom is -0.398 e. The lowest BCUT2D eigenvalue weighted by Crippen LogP contribution is -2.30. The van der Waals surface area contributed by atoms with Crippen LogP contribution < -0.4 is 5.73 Å². The number of nitrogen functional groups attached to an aromatic ring is 1. The van der Waals surface area contributed by atoms with E-state index >= 15 is 0 Å². The van der Waals surface area contributed by atoms with E-state index in [1.165, 1.54) is 16.1 Å². The number of para-hydroxylation sites is 1. The minimum atomic E-state index is -3.20. The van der Waals surface area contributed by atoms with Crippen molar-refractivity contribution in [1.29, 1.82) is 0 Å². The lowest BCUT2D eigenvalue weighted by molar-refractivity contribution is 0.501. The Labute approximate surface area is 113 Å². The van der Waals surface area contributed by atoms with E-state index in [9.17, 15) is 8.42 Å². The Morgan fingerprint density at radius 2 is 2.11 bits per heavy atom. The van der Waals surface area contributed by atoms with Crippen molar-refractivity contribution in [2.45, 2.75) is 4.90 Å². The molecule has 0 saturated carbocycles. The average molecular weight is 286 g/mol. The van der Waals surface area contributed by atoms with Gasteiger partial charge < -0.3 is 5.73 Å². The second kappa shape index (κ2) is 6.82. The lowest BCUT2D eigenvalue weighted by Gasteiger charge is -2.14. The average Bonchev–Trinajstić information content (AvgIpc) is 2.32. The third kappa shape index (κ3) is 4.36. The number of hydrogen-bond acceptors (Lipinski definition) is 4. The first-order valence-electron chi connectivity index (χ1n) is 5.49. The van der Waals surface area contributed by atoms with Crippen molar-refractivity contribution in [2.75, 3.05) is 30.8 Å². The monoisotopic (exact) mass is 286 g/mol. The third-order valence-electron chi connectivity index (χ3n) is 2.38. The summed E-state index contributed by atoms with van der Waals surface area (Å²) in [4.78, 5) is 0.916. The largest absolute Gasteiger partial charge is 0.398 e. The van der Waals surface area contributed by atoms with Crippen LogP contribution in [0.4, 0.5) is 5.69 Å². The summed E-state index contributed by atoms with van der Waals surface area (Å²) < 4.78 is 25.0. The van der Waals surface area contributed by atoms with Crippen LogP contribution in [0.1, 0.15) is 0 Å². The number of sulfonamides is 1. The number of rotatable bonds is 7. The summed E-state index contributed by atoms with van der Waals surface area (Å²) in [6.07, 6.45) is 1.57. The second-order valence-electron chi connectivity index (χ2n) is 3.77. The van der Waals surface area contributed by atoms with Crippen LogP contribution in [0.25, 0.3) is 0 Å². The minimum absolute atomic E-state index is 0.0936. The van der Waals surface area contributed by atoms with Crippen molar-refractivity contribution < 1.29 is 8.42 Å². The molecule has 0 aliphatic heterocycles. The molecule has 0 saturated heterocycles. The predicted octanol–water partition coefficient (Wildman–Crippen LogP) is 1.81. The molecule has 6 heteroatoms. The van der Waals surface area contributed by atoms with Gasteiger partial charge in [-0.25, -0.2) is 12.7 Å². The Kier molecular flexibility index (Phi) is 5.71. The van der Waals surface area contributed by atoms with Crippen LogP contribution in [0.2, 0.25) is 0 Å². The summed E-state index contributed by atoms with van der Waals surface area (Å²) >= 11 is 1.45. The van der Waals surface area contributed by atoms with E-state index in [4.69, 9.17) is 5.73 Å². The van der Waals surface area contributed by atoms with E-state index in [1.54, 1.807) is 19.2 Å². The Morgan fingerprint density at radius 3 is 2.72 bits per heavy atom. The van der Waals surface area contributed by atoms with Crippen molar-refractivity contribution >= 4 is 27.5 Å². The highest BCUT2D eigenvalue weighted by Gasteiger charge is 2.16. The maximum absolute atomic E-state index is 11.8. The van der Waals surface area contributed by atoms with Gasteiger partial charge in [-0.3, -0.25) is 0 Å². The molecule has 0 atom stereocenters. The SMILES string of the molecule is C=CCN(C)S(=O)(=O)CCSc1ccccc1N. The quantitative estimate of drug-likeness (QED) is 0.472. The number of likely N-dealkylation sites (N-methyl/N-ethyl adjacent to an activating group) is 1. The van der Waals surface area contributed by atoms with E-state index in [0.29, 0.717) is 18.0 Å². The van der Waals surface area contributed by atoms with E-state index in [-0.39, 0.29) is 5.75 Å². The van der Waals surface area contributed by atoms with Gasteiger partial charge in [-0.15, -0.1) is 18.3 Å². The highest BCUT2D eigenvalue weighted by molar-refractivity contribution is 8.00. The molecular formula is C12H18N2O2S2. The fourth-order valence-corrected chi connectivity index (χ4v) is 3.77. The van der Waals surface area contributed by atoms with Crippen LogP contribution in [-0.2, 0) is 10.0 Å². The summed E-state index contributed by atoms with van der Waals surface area (Å²) in [5, 5.41) is 0. The number of nitrogens with zero attached hydrogens (tertiary/aromatic N) is 1. The van der Waals surface area contributed by atoms with Gasteiger partial charge in [-0.05, 0) is 12.1 Å². The Morgan fingerprint density at radius 1 is 1.44 bits per heavy atom. The van der Waals surface area contributed by atoms with Crippen molar-refractivity contribution in [3.63, 3.8) is 0 Å². The molecule has 0 bridgehead atoms. The maximum atomic E-state index is 11.8. The first-order chi connectivity index (χ1) is 8.47. The van der Waals surface area contributed by atoms with Gasteiger partial charge in [-0.2, -0.15) is 0 Å². The fraction of sp³-hybridized carbons (Fsp3) is 0.333. The van der Waals surface area contributed by atoms with Crippen LogP contribution in [0.5, 0.6) is 0 Å². The first-order valence-corrected chi connectivity index (χ1v) is 8.09. The molecule has 0 amide bonds. The summed E-state index contributed by atoms with van der Waals surface area (Å²) in [6, 6.07) is 7.44. The van der Waals surface area contributed by atoms with Crippen LogP contribution in [0.15, 0.2) is 41.8 Å². The van der Waals surface area contributed by atoms with Gasteiger partial charge >= 0.3 is 0 Å². The van der Waals surface area contributed by atoms with Crippen molar-refractivity contribution in [1.82, 2.24) is 4.31 Å². The molecule has 4 nitrogen and oxygen atoms in total. The maximum Gasteiger partial charge on any atom is 0.214 e. The lowest BCUT2D eigenvalue weighted by atomic mass is 10.3. The normalized spacial score (nSPS) is 11.7. The summed E-state index contributed by atoms with van der Waals surface area (Å²) in [6.45, 7) is 3.86. The van der Waals surface area contributed by atoms with Crippen LogP contribution in [0.3, 0.4) is 0 Å². The van der Waals surface area contributed by atoms with Crippen molar-refractivity contribution in [3.05, 3.63) is 36.9 Å². The molecule has 0 heterocycles. The number of benzene rings is 1. The molecule has 2 N–H and O–H groups in total. The van der Waals surface area contributed by atoms with Crippen LogP contribution >= 0.6 is 11.8 Å². The number of anilines is 1. The van der Waals surface area contributed by atoms with E-state index in [2.05, 4.69) is 6.58 Å². The number of nitrogens with two attached hydrogens (primary N) is 1. The second-order valence-corrected chi connectivity index (χ2v) is 7.10. The highest BCUT2D eigenvalue weighted by atomic mass is 32.2. The van der Waals surface area contributed by atoms with Gasteiger partial charge in [0, 0.05) is 29.9 Å². The Balaban J connectivity index is 2.52. The van der Waals surface area contributed by atoms with E-state index in [0.717, 1.165) is 4.90 Å². The van der Waals surface area contributed by atoms with Gasteiger partial charge in [0.25, 0.3) is 0 Å². The van der Waals surface area contributed by atoms with Crippen LogP contribution in [-0.4, -0.2) is 37.8 Å². The molecule has 0 aliphatic carbocycles. The smallest absolute Gasteiger partial charge is 0.214 e. The zero-order valence-electron chi connectivity index (χ0n) is 10.4. The molecule has 0 spiro atoms. The molecule has 0 unspecified atom stereocenters. The Hall–Kier alpha value is -0.980. The number of hydrogen-bond donors (Lipinski definition) is 1. The molecule has 0 aromatic heterocycles. The standard InChI is InChI=1S/C12H18N2O2S2/c1-3-8-14(2)18(15,16)10-9-17-12-7-5-4-6-11(12)13/h3-7H,1,8-10,13H2,2H3. The third-order valence-corrected chi connectivity index (χ3v) is 5.55. The predicted molar refractivity (Wildman–Crippen MR) is 78.2 cm³/mol. The molecule has 1 rings (SSSR count). The molecule has 0 aliphatic rings. The fourth-order valence-electron chi connectivity index (χ4n) is 1.32. The summed E-state index contributed by atoms with van der Waals surface area (Å²) in [5.74, 6) is 0.578. The van der Waals surface area contributed by atoms with Crippen molar-refractivity contribution in [3.8, 4) is 0 Å². The molecular weight excluding hydrogens is 268 g/mol. The van der Waals surface area contributed by atoms with E-state index in [1.807, 2.05) is 18.2 Å². The first kappa shape index (κ1) is 15.1. The van der Waals surface area contributed by atoms with Gasteiger partial charge in [0.1, 0.15) is 0 Å². The van der Waals surface area contributed by atoms with Gasteiger partial charge in [0.05, 0.1) is 5.75 Å². The van der Waals surface area contributed by atoms with Gasteiger partial charge in [0.15, 0.2) is 0 Å². The van der Waals surface area contributed by atoms with Crippen molar-refractivity contribution in [2.24, 2.45) is 0 Å². The molecule has 0 radical (unpaired) electrons. The topological polar surface area (TPSA) is 63.4 Å². The summed E-state index contributed by atoms with van der Waals surface area (Å²) in [7, 11) is -1.65. The van der Waals surface area contributed by atoms with Gasteiger partial charge in [-0.1, -0.05) is 18.2 Å². The summed E-state index contributed by atoms with van der Waals surface area (Å²) in [5.41, 5.74) is 6.46. The van der Waals surface area contributed by atoms with Gasteiger partial charge in [0.2, 0.25) is 10.0 Å². The highest BCUT2D eigenvalue weighted by Crippen LogP contribution is 2.24.